The predicted molar refractivity (Wildman–Crippen MR) is 110 cm³/mol. The van der Waals surface area contributed by atoms with Gasteiger partial charge in [-0.25, -0.2) is 4.79 Å². The Morgan fingerprint density at radius 1 is 1.04 bits per heavy atom. The van der Waals surface area contributed by atoms with Crippen molar-refractivity contribution in [3.8, 4) is 0 Å². The van der Waals surface area contributed by atoms with Gasteiger partial charge >= 0.3 is 5.63 Å². The summed E-state index contributed by atoms with van der Waals surface area (Å²) >= 11 is 0. The Morgan fingerprint density at radius 3 is 2.50 bits per heavy atom. The fraction of sp³-hybridized carbons (Fsp3) is 0.273. The van der Waals surface area contributed by atoms with Crippen LogP contribution < -0.4 is 10.9 Å². The van der Waals surface area contributed by atoms with E-state index in [0.29, 0.717) is 11.3 Å². The fourth-order valence-electron chi connectivity index (χ4n) is 3.38. The lowest BCUT2D eigenvalue weighted by Crippen LogP contribution is -2.43. The second kappa shape index (κ2) is 7.96. The lowest BCUT2D eigenvalue weighted by Gasteiger charge is -2.32. The minimum Gasteiger partial charge on any atom is -0.422 e. The van der Waals surface area contributed by atoms with E-state index in [0.717, 1.165) is 38.1 Å². The summed E-state index contributed by atoms with van der Waals surface area (Å²) in [6.45, 7) is 5.20. The SMILES string of the molecule is CN1CCN(Cc2ccc(NC(=O)c3cc4ccccc4oc3=O)cc2)CC1. The van der Waals surface area contributed by atoms with Gasteiger partial charge in [-0.15, -0.1) is 0 Å². The van der Waals surface area contributed by atoms with Crippen LogP contribution in [-0.4, -0.2) is 48.9 Å². The number of nitrogens with one attached hydrogen (secondary N) is 1. The quantitative estimate of drug-likeness (QED) is 0.709. The summed E-state index contributed by atoms with van der Waals surface area (Å²) in [6.07, 6.45) is 0. The first kappa shape index (κ1) is 18.4. The van der Waals surface area contributed by atoms with Crippen LogP contribution in [-0.2, 0) is 6.54 Å². The Bertz CT molecular complexity index is 1030. The summed E-state index contributed by atoms with van der Waals surface area (Å²) in [5.74, 6) is -0.466. The number of para-hydroxylation sites is 1. The topological polar surface area (TPSA) is 65.8 Å². The molecule has 3 aromatic rings. The number of fused-ring (bicyclic) bond motifs is 1. The molecule has 4 rings (SSSR count). The van der Waals surface area contributed by atoms with E-state index in [1.54, 1.807) is 18.2 Å². The van der Waals surface area contributed by atoms with Gasteiger partial charge in [0.05, 0.1) is 0 Å². The lowest BCUT2D eigenvalue weighted by atomic mass is 10.1. The summed E-state index contributed by atoms with van der Waals surface area (Å²) in [7, 11) is 2.14. The van der Waals surface area contributed by atoms with E-state index in [1.807, 2.05) is 36.4 Å². The van der Waals surface area contributed by atoms with E-state index in [9.17, 15) is 9.59 Å². The highest BCUT2D eigenvalue weighted by atomic mass is 16.4. The molecule has 0 bridgehead atoms. The van der Waals surface area contributed by atoms with Crippen molar-refractivity contribution in [2.24, 2.45) is 0 Å². The van der Waals surface area contributed by atoms with E-state index >= 15 is 0 Å². The van der Waals surface area contributed by atoms with Crippen molar-refractivity contribution in [3.63, 3.8) is 0 Å². The summed E-state index contributed by atoms with van der Waals surface area (Å²) in [5, 5.41) is 3.50. The largest absolute Gasteiger partial charge is 0.422 e. The highest BCUT2D eigenvalue weighted by Gasteiger charge is 2.15. The van der Waals surface area contributed by atoms with Gasteiger partial charge in [0.25, 0.3) is 5.91 Å². The standard InChI is InChI=1S/C22H23N3O3/c1-24-10-12-25(13-11-24)15-16-6-8-18(9-7-16)23-21(26)19-14-17-4-2-3-5-20(17)28-22(19)27/h2-9,14H,10-13,15H2,1H3,(H,23,26). The van der Waals surface area contributed by atoms with E-state index in [4.69, 9.17) is 4.42 Å². The van der Waals surface area contributed by atoms with Crippen LogP contribution in [0.1, 0.15) is 15.9 Å². The van der Waals surface area contributed by atoms with Gasteiger partial charge in [0.15, 0.2) is 0 Å². The van der Waals surface area contributed by atoms with E-state index < -0.39 is 11.5 Å². The number of amides is 1. The Kier molecular flexibility index (Phi) is 5.23. The third kappa shape index (κ3) is 4.13. The highest BCUT2D eigenvalue weighted by Crippen LogP contribution is 2.16. The van der Waals surface area contributed by atoms with Crippen LogP contribution in [0.15, 0.2) is 63.8 Å². The molecule has 1 saturated heterocycles. The van der Waals surface area contributed by atoms with Gasteiger partial charge in [-0.2, -0.15) is 0 Å². The number of hydrogen-bond acceptors (Lipinski definition) is 5. The maximum atomic E-state index is 12.5. The van der Waals surface area contributed by atoms with Crippen LogP contribution in [0.5, 0.6) is 0 Å². The molecule has 0 radical (unpaired) electrons. The average Bonchev–Trinajstić information content (AvgIpc) is 2.70. The van der Waals surface area contributed by atoms with Crippen LogP contribution in [0, 0.1) is 0 Å². The van der Waals surface area contributed by atoms with Crippen molar-refractivity contribution in [1.29, 1.82) is 0 Å². The maximum absolute atomic E-state index is 12.5. The zero-order chi connectivity index (χ0) is 19.5. The number of piperazine rings is 1. The molecule has 0 aliphatic carbocycles. The van der Waals surface area contributed by atoms with Gasteiger partial charge in [0.2, 0.25) is 0 Å². The van der Waals surface area contributed by atoms with Crippen LogP contribution in [0.2, 0.25) is 0 Å². The number of anilines is 1. The Labute approximate surface area is 163 Å². The second-order valence-electron chi connectivity index (χ2n) is 7.22. The van der Waals surface area contributed by atoms with Crippen LogP contribution in [0.4, 0.5) is 5.69 Å². The van der Waals surface area contributed by atoms with E-state index in [-0.39, 0.29) is 5.56 Å². The maximum Gasteiger partial charge on any atom is 0.349 e. The minimum atomic E-state index is -0.636. The predicted octanol–water partition coefficient (Wildman–Crippen LogP) is 2.79. The molecule has 0 atom stereocenters. The number of carbonyl (C=O) groups excluding carboxylic acids is 1. The molecule has 144 valence electrons. The van der Waals surface area contributed by atoms with Crippen LogP contribution in [0.25, 0.3) is 11.0 Å². The Morgan fingerprint density at radius 2 is 1.75 bits per heavy atom. The molecule has 1 amide bonds. The molecule has 2 heterocycles. The molecule has 6 heteroatoms. The Balaban J connectivity index is 1.43. The number of benzene rings is 2. The van der Waals surface area contributed by atoms with E-state index in [1.165, 1.54) is 5.56 Å². The molecule has 1 fully saturated rings. The van der Waals surface area contributed by atoms with Gasteiger partial charge in [-0.1, -0.05) is 30.3 Å². The summed E-state index contributed by atoms with van der Waals surface area (Å²) < 4.78 is 5.24. The first-order valence-electron chi connectivity index (χ1n) is 9.42. The lowest BCUT2D eigenvalue weighted by molar-refractivity contribution is 0.102. The van der Waals surface area contributed by atoms with Crippen molar-refractivity contribution in [3.05, 3.63) is 76.1 Å². The van der Waals surface area contributed by atoms with Crippen molar-refractivity contribution in [2.75, 3.05) is 38.5 Å². The zero-order valence-corrected chi connectivity index (χ0v) is 15.9. The van der Waals surface area contributed by atoms with Gasteiger partial charge < -0.3 is 14.6 Å². The molecule has 0 saturated carbocycles. The van der Waals surface area contributed by atoms with Crippen molar-refractivity contribution < 1.29 is 9.21 Å². The third-order valence-corrected chi connectivity index (χ3v) is 5.10. The Hall–Kier alpha value is -2.96. The molecule has 1 aliphatic heterocycles. The fourth-order valence-corrected chi connectivity index (χ4v) is 3.38. The highest BCUT2D eigenvalue weighted by molar-refractivity contribution is 6.05. The molecule has 0 spiro atoms. The number of nitrogens with zero attached hydrogens (tertiary/aromatic N) is 2. The molecule has 1 N–H and O–H groups in total. The number of likely N-dealkylation sites (N-methyl/N-ethyl adjacent to an activating group) is 1. The average molecular weight is 377 g/mol. The zero-order valence-electron chi connectivity index (χ0n) is 15.9. The summed E-state index contributed by atoms with van der Waals surface area (Å²) in [5.41, 5.74) is 1.69. The molecule has 0 unspecified atom stereocenters. The van der Waals surface area contributed by atoms with Crippen molar-refractivity contribution in [2.45, 2.75) is 6.54 Å². The monoisotopic (exact) mass is 377 g/mol. The molecule has 1 aromatic heterocycles. The number of carbonyl (C=O) groups is 1. The molecular weight excluding hydrogens is 354 g/mol. The van der Waals surface area contributed by atoms with E-state index in [2.05, 4.69) is 22.2 Å². The van der Waals surface area contributed by atoms with Crippen molar-refractivity contribution >= 4 is 22.6 Å². The van der Waals surface area contributed by atoms with Gasteiger partial charge in [-0.05, 0) is 36.9 Å². The van der Waals surface area contributed by atoms with Gasteiger partial charge in [0.1, 0.15) is 11.1 Å². The minimum absolute atomic E-state index is 0.000197. The number of hydrogen-bond donors (Lipinski definition) is 1. The van der Waals surface area contributed by atoms with Crippen LogP contribution in [0.3, 0.4) is 0 Å². The second-order valence-corrected chi connectivity index (χ2v) is 7.22. The molecule has 6 nitrogen and oxygen atoms in total. The van der Waals surface area contributed by atoms with Gasteiger partial charge in [0, 0.05) is 43.8 Å². The van der Waals surface area contributed by atoms with Crippen LogP contribution >= 0.6 is 0 Å². The molecule has 1 aliphatic rings. The van der Waals surface area contributed by atoms with Gasteiger partial charge in [-0.3, -0.25) is 9.69 Å². The van der Waals surface area contributed by atoms with Crippen molar-refractivity contribution in [1.82, 2.24) is 9.80 Å². The smallest absolute Gasteiger partial charge is 0.349 e. The molecule has 28 heavy (non-hydrogen) atoms. The third-order valence-electron chi connectivity index (χ3n) is 5.10. The first-order valence-corrected chi connectivity index (χ1v) is 9.42. The summed E-state index contributed by atoms with van der Waals surface area (Å²) in [4.78, 5) is 29.4. The molecular formula is C22H23N3O3. The number of rotatable bonds is 4. The normalized spacial score (nSPS) is 15.6. The molecule has 2 aromatic carbocycles. The summed E-state index contributed by atoms with van der Waals surface area (Å²) in [6, 6.07) is 16.5. The first-order chi connectivity index (χ1) is 13.6.